The first-order valence-electron chi connectivity index (χ1n) is 29.8. The fourth-order valence-corrected chi connectivity index (χ4v) is 10.7. The molecule has 0 aromatic carbocycles. The van der Waals surface area contributed by atoms with Gasteiger partial charge in [-0.25, -0.2) is 0 Å². The van der Waals surface area contributed by atoms with Crippen LogP contribution in [-0.2, 0) is 52.7 Å². The fourth-order valence-electron chi connectivity index (χ4n) is 10.7. The largest absolute Gasteiger partial charge is 0.396 e. The molecule has 1 aliphatic heterocycles. The molecule has 1 heterocycles. The Morgan fingerprint density at radius 1 is 0.398 bits per heavy atom. The van der Waals surface area contributed by atoms with Crippen LogP contribution in [0.1, 0.15) is 150 Å². The first-order valence-corrected chi connectivity index (χ1v) is 29.8. The van der Waals surface area contributed by atoms with Crippen LogP contribution in [0.4, 0.5) is 0 Å². The topological polar surface area (TPSA) is 279 Å². The fraction of sp³-hybridized carbons (Fsp3) is 0.817. The van der Waals surface area contributed by atoms with Crippen molar-refractivity contribution < 1.29 is 57.8 Å². The van der Waals surface area contributed by atoms with Crippen molar-refractivity contribution in [2.75, 3.05) is 62.5 Å². The van der Waals surface area contributed by atoms with Gasteiger partial charge in [0, 0.05) is 55.9 Å². The lowest BCUT2D eigenvalue weighted by Crippen LogP contribution is -2.62. The van der Waals surface area contributed by atoms with E-state index in [0.29, 0.717) is 0 Å². The van der Waals surface area contributed by atoms with Crippen molar-refractivity contribution in [3.05, 3.63) is 0 Å². The Kier molecular flexibility index (Phi) is 30.4. The van der Waals surface area contributed by atoms with Crippen molar-refractivity contribution in [2.24, 2.45) is 47.3 Å². The minimum atomic E-state index is -1.24. The van der Waals surface area contributed by atoms with Gasteiger partial charge in [-0.15, -0.1) is 0 Å². The summed E-state index contributed by atoms with van der Waals surface area (Å²) in [5.74, 6) is -9.55. The Morgan fingerprint density at radius 3 is 1.22 bits per heavy atom. The Bertz CT molecular complexity index is 2240. The molecule has 23 nitrogen and oxygen atoms in total. The van der Waals surface area contributed by atoms with Crippen LogP contribution in [0, 0.1) is 47.3 Å². The predicted molar refractivity (Wildman–Crippen MR) is 319 cm³/mol. The van der Waals surface area contributed by atoms with Gasteiger partial charge in [-0.2, -0.15) is 0 Å². The molecule has 1 saturated heterocycles. The van der Waals surface area contributed by atoms with Crippen molar-refractivity contribution in [2.45, 2.75) is 210 Å². The summed E-state index contributed by atoms with van der Waals surface area (Å²) in [5.41, 5.74) is 0. The molecular formula is C60H109N11O12. The molecule has 0 radical (unpaired) electrons. The molecule has 1 rings (SSSR count). The molecule has 0 unspecified atom stereocenters. The Morgan fingerprint density at radius 2 is 0.771 bits per heavy atom. The quantitative estimate of drug-likeness (QED) is 0.168. The van der Waals surface area contributed by atoms with Crippen LogP contribution in [0.5, 0.6) is 0 Å². The predicted octanol–water partition coefficient (Wildman–Crippen LogP) is 2.57. The van der Waals surface area contributed by atoms with Gasteiger partial charge in [0.1, 0.15) is 60.4 Å². The maximum absolute atomic E-state index is 15.1. The maximum Gasteiger partial charge on any atom is 0.246 e. The molecule has 1 fully saturated rings. The average Bonchev–Trinajstić information content (AvgIpc) is 3.60. The highest BCUT2D eigenvalue weighted by atomic mass is 16.3. The molecule has 5 N–H and O–H groups in total. The van der Waals surface area contributed by atoms with E-state index in [-0.39, 0.29) is 68.3 Å². The summed E-state index contributed by atoms with van der Waals surface area (Å²) < 4.78 is 0. The number of nitrogens with one attached hydrogen (secondary N) is 4. The van der Waals surface area contributed by atoms with Crippen LogP contribution in [0.25, 0.3) is 0 Å². The number of amides is 11. The van der Waals surface area contributed by atoms with Crippen molar-refractivity contribution >= 4 is 65.0 Å². The maximum atomic E-state index is 15.1. The van der Waals surface area contributed by atoms with Crippen molar-refractivity contribution in [1.82, 2.24) is 55.6 Å². The third kappa shape index (κ3) is 21.0. The molecule has 0 spiro atoms. The van der Waals surface area contributed by atoms with E-state index in [2.05, 4.69) is 21.3 Å². The molecule has 83 heavy (non-hydrogen) atoms. The minimum absolute atomic E-state index is 0.124. The van der Waals surface area contributed by atoms with Gasteiger partial charge in [-0.1, -0.05) is 96.9 Å². The van der Waals surface area contributed by atoms with E-state index in [0.717, 1.165) is 4.90 Å². The smallest absolute Gasteiger partial charge is 0.246 e. The summed E-state index contributed by atoms with van der Waals surface area (Å²) in [5, 5.41) is 21.0. The van der Waals surface area contributed by atoms with Gasteiger partial charge in [0.05, 0.1) is 6.54 Å². The van der Waals surface area contributed by atoms with E-state index in [1.165, 1.54) is 99.5 Å². The molecule has 12 atom stereocenters. The monoisotopic (exact) mass is 1180 g/mol. The third-order valence-electron chi connectivity index (χ3n) is 16.1. The van der Waals surface area contributed by atoms with Gasteiger partial charge < -0.3 is 60.7 Å². The van der Waals surface area contributed by atoms with Crippen molar-refractivity contribution in [3.8, 4) is 0 Å². The molecule has 0 aromatic rings. The number of carbonyl (C=O) groups is 11. The number of hydrogen-bond acceptors (Lipinski definition) is 12. The van der Waals surface area contributed by atoms with Gasteiger partial charge in [0.15, 0.2) is 0 Å². The molecule has 0 bridgehead atoms. The third-order valence-corrected chi connectivity index (χ3v) is 16.1. The number of rotatable bonds is 14. The highest BCUT2D eigenvalue weighted by Crippen LogP contribution is 2.27. The van der Waals surface area contributed by atoms with Crippen molar-refractivity contribution in [1.29, 1.82) is 0 Å². The first-order chi connectivity index (χ1) is 38.2. The number of carbonyl (C=O) groups excluding carboxylic acids is 11. The molecule has 0 aliphatic carbocycles. The zero-order valence-electron chi connectivity index (χ0n) is 54.9. The molecule has 11 amide bonds. The summed E-state index contributed by atoms with van der Waals surface area (Å²) in [6, 6.07) is -11.8. The number of nitrogens with zero attached hydrogens (tertiary/aromatic N) is 7. The molecule has 1 aliphatic rings. The Balaban J connectivity index is 4.25. The van der Waals surface area contributed by atoms with E-state index in [1.807, 2.05) is 62.3 Å². The minimum Gasteiger partial charge on any atom is -0.396 e. The number of aliphatic hydroxyl groups is 1. The van der Waals surface area contributed by atoms with Crippen LogP contribution < -0.4 is 21.3 Å². The highest BCUT2D eigenvalue weighted by Gasteiger charge is 2.45. The van der Waals surface area contributed by atoms with E-state index in [9.17, 15) is 48.3 Å². The lowest BCUT2D eigenvalue weighted by atomic mass is 9.85. The normalized spacial score (nSPS) is 27.2. The van der Waals surface area contributed by atoms with E-state index < -0.39 is 150 Å². The van der Waals surface area contributed by atoms with Crippen LogP contribution >= 0.6 is 0 Å². The van der Waals surface area contributed by atoms with Crippen LogP contribution in [0.3, 0.4) is 0 Å². The zero-order valence-corrected chi connectivity index (χ0v) is 54.9. The summed E-state index contributed by atoms with van der Waals surface area (Å²) in [6.07, 6.45) is 0.940. The van der Waals surface area contributed by atoms with Crippen LogP contribution in [-0.4, -0.2) is 227 Å². The molecular weight excluding hydrogens is 1070 g/mol. The second kappa shape index (κ2) is 33.6. The Hall–Kier alpha value is -5.87. The summed E-state index contributed by atoms with van der Waals surface area (Å²) in [7, 11) is 10.1. The lowest BCUT2D eigenvalue weighted by Gasteiger charge is -2.42. The van der Waals surface area contributed by atoms with Crippen LogP contribution in [0.15, 0.2) is 0 Å². The highest BCUT2D eigenvalue weighted by molar-refractivity contribution is 5.99. The Labute approximate surface area is 496 Å². The molecule has 23 heteroatoms. The second-order valence-electron chi connectivity index (χ2n) is 25.9. The van der Waals surface area contributed by atoms with Gasteiger partial charge in [-0.3, -0.25) is 52.7 Å². The number of aliphatic hydroxyl groups excluding tert-OH is 1. The first kappa shape index (κ1) is 75.1. The van der Waals surface area contributed by atoms with E-state index >= 15 is 9.59 Å². The summed E-state index contributed by atoms with van der Waals surface area (Å²) in [6.45, 7) is 29.1. The molecule has 0 aromatic heterocycles. The standard InChI is InChI=1S/C60H109N11O12/c1-32(2)27-43-53(76)64-48(36(9)10)59(82)67(20)44(28-33(3)4)52(75)61-40(15)51(74)62-42(17)56(79)68(21)45(29-34(5)6)57(80)69(22)46(30-35(7)8)58(81)70(23)49(37(11)12)60(83)71(24)50(39(14)38(13)25-26-72)54(77)63-41(16)55(78)65(18)31-47(73)66(43)19/h32-46,48-50,72H,25-31H2,1-24H3,(H,61,75)(H,62,74)(H,63,77)(H,64,76)/t38-,39-,40-,41-,42-,43+,44-,45-,46-,48-,49-,50-/m1/s1. The number of likely N-dealkylation sites (N-methyl/N-ethyl adjacent to an activating group) is 7. The van der Waals surface area contributed by atoms with Gasteiger partial charge >= 0.3 is 0 Å². The summed E-state index contributed by atoms with van der Waals surface area (Å²) >= 11 is 0. The SMILES string of the molecule is CC(C)C[C@@H]1C(=O)N(C)[C@H](C(C)C)C(=O)N(C)[C@H]([C@H](C)[C@H](C)CCO)C(=O)N[C@H](C)C(=O)N(C)CC(=O)N(C)[C@@H](CC(C)C)C(=O)N[C@H](C(C)C)C(=O)N(C)[C@H](CC(C)C)C(=O)N[C@H](C)C(=O)N[C@H](C)C(=O)N(C)[C@H](CC(C)C)C(=O)N1C. The summed E-state index contributed by atoms with van der Waals surface area (Å²) in [4.78, 5) is 168. The van der Waals surface area contributed by atoms with Crippen molar-refractivity contribution in [3.63, 3.8) is 0 Å². The number of hydrogen-bond donors (Lipinski definition) is 5. The van der Waals surface area contributed by atoms with Gasteiger partial charge in [0.2, 0.25) is 65.0 Å². The average molecular weight is 1180 g/mol. The van der Waals surface area contributed by atoms with Gasteiger partial charge in [0.25, 0.3) is 0 Å². The van der Waals surface area contributed by atoms with Crippen LogP contribution in [0.2, 0.25) is 0 Å². The zero-order chi connectivity index (χ0) is 64.6. The molecule has 0 saturated carbocycles. The van der Waals surface area contributed by atoms with Gasteiger partial charge in [-0.05, 0) is 100 Å². The second-order valence-corrected chi connectivity index (χ2v) is 25.9. The van der Waals surface area contributed by atoms with E-state index in [1.54, 1.807) is 34.6 Å². The lowest BCUT2D eigenvalue weighted by molar-refractivity contribution is -0.156. The van der Waals surface area contributed by atoms with E-state index in [4.69, 9.17) is 0 Å². The molecule has 476 valence electrons.